The third-order valence-electron chi connectivity index (χ3n) is 5.18. The van der Waals surface area contributed by atoms with Crippen LogP contribution >= 0.6 is 11.6 Å². The van der Waals surface area contributed by atoms with Crippen LogP contribution in [0.15, 0.2) is 42.1 Å². The molecule has 0 saturated carbocycles. The molecular formula is C22H22ClNO5. The van der Waals surface area contributed by atoms with Crippen molar-refractivity contribution in [3.63, 3.8) is 0 Å². The van der Waals surface area contributed by atoms with Gasteiger partial charge in [-0.2, -0.15) is 0 Å². The number of hydrogen-bond acceptors (Lipinski definition) is 6. The van der Waals surface area contributed by atoms with Crippen LogP contribution in [0.4, 0.5) is 0 Å². The summed E-state index contributed by atoms with van der Waals surface area (Å²) in [5.41, 5.74) is 7.45. The summed E-state index contributed by atoms with van der Waals surface area (Å²) < 4.78 is 10.4. The molecule has 0 aromatic heterocycles. The van der Waals surface area contributed by atoms with E-state index in [1.165, 1.54) is 20.3 Å². The van der Waals surface area contributed by atoms with Crippen molar-refractivity contribution in [1.82, 2.24) is 0 Å². The number of Topliss-reactive ketones (excluding diaryl/α,β-unsaturated/α-hetero) is 2. The van der Waals surface area contributed by atoms with Crippen LogP contribution in [-0.2, 0) is 4.79 Å². The first-order chi connectivity index (χ1) is 13.8. The molecular weight excluding hydrogens is 394 g/mol. The Kier molecular flexibility index (Phi) is 5.84. The molecule has 0 fully saturated rings. The van der Waals surface area contributed by atoms with Crippen LogP contribution in [0.5, 0.6) is 17.2 Å². The highest BCUT2D eigenvalue weighted by atomic mass is 35.5. The molecule has 2 aromatic rings. The summed E-state index contributed by atoms with van der Waals surface area (Å²) in [6.07, 6.45) is 0.161. The van der Waals surface area contributed by atoms with E-state index in [1.807, 2.05) is 6.07 Å². The molecule has 7 heteroatoms. The Bertz CT molecular complexity index is 1000. The quantitative estimate of drug-likeness (QED) is 0.720. The molecule has 0 aliphatic heterocycles. The van der Waals surface area contributed by atoms with Crippen LogP contribution < -0.4 is 15.2 Å². The smallest absolute Gasteiger partial charge is 0.179 e. The van der Waals surface area contributed by atoms with Gasteiger partial charge in [0.05, 0.1) is 20.1 Å². The number of rotatable bonds is 5. The maximum atomic E-state index is 13.5. The normalized spacial score (nSPS) is 19.2. The number of ketones is 2. The van der Waals surface area contributed by atoms with Gasteiger partial charge in [-0.15, -0.1) is 0 Å². The number of benzene rings is 2. The van der Waals surface area contributed by atoms with Gasteiger partial charge in [-0.1, -0.05) is 48.9 Å². The van der Waals surface area contributed by atoms with Gasteiger partial charge >= 0.3 is 0 Å². The second-order valence-corrected chi connectivity index (χ2v) is 7.34. The molecule has 0 bridgehead atoms. The lowest BCUT2D eigenvalue weighted by molar-refractivity contribution is -0.115. The first kappa shape index (κ1) is 20.7. The monoisotopic (exact) mass is 415 g/mol. The fourth-order valence-corrected chi connectivity index (χ4v) is 3.99. The van der Waals surface area contributed by atoms with Crippen molar-refractivity contribution in [2.75, 3.05) is 14.2 Å². The number of ether oxygens (including phenoxy) is 2. The van der Waals surface area contributed by atoms with E-state index in [0.29, 0.717) is 11.1 Å². The average molecular weight is 416 g/mol. The van der Waals surface area contributed by atoms with E-state index in [9.17, 15) is 14.7 Å². The van der Waals surface area contributed by atoms with Crippen molar-refractivity contribution in [3.05, 3.63) is 58.2 Å². The van der Waals surface area contributed by atoms with E-state index in [1.54, 1.807) is 31.2 Å². The second-order valence-electron chi connectivity index (χ2n) is 6.96. The molecule has 0 radical (unpaired) electrons. The average Bonchev–Trinajstić information content (AvgIpc) is 2.70. The van der Waals surface area contributed by atoms with Crippen LogP contribution in [0.25, 0.3) is 5.57 Å². The molecule has 1 aliphatic carbocycles. The lowest BCUT2D eigenvalue weighted by Gasteiger charge is -2.30. The van der Waals surface area contributed by atoms with Crippen LogP contribution in [0.2, 0.25) is 5.02 Å². The summed E-state index contributed by atoms with van der Waals surface area (Å²) in [6, 6.07) is 10.4. The van der Waals surface area contributed by atoms with Gasteiger partial charge in [0.15, 0.2) is 17.3 Å². The molecule has 152 valence electrons. The van der Waals surface area contributed by atoms with Crippen LogP contribution in [0.1, 0.15) is 29.3 Å². The number of nitrogens with two attached hydrogens (primary N) is 1. The third-order valence-corrected chi connectivity index (χ3v) is 5.55. The second kappa shape index (κ2) is 8.17. The zero-order valence-corrected chi connectivity index (χ0v) is 17.1. The third kappa shape index (κ3) is 3.56. The maximum absolute atomic E-state index is 13.5. The van der Waals surface area contributed by atoms with E-state index in [4.69, 9.17) is 26.8 Å². The Balaban J connectivity index is 2.17. The van der Waals surface area contributed by atoms with Gasteiger partial charge < -0.3 is 20.3 Å². The largest absolute Gasteiger partial charge is 0.505 e. The van der Waals surface area contributed by atoms with Crippen molar-refractivity contribution in [2.24, 2.45) is 17.6 Å². The first-order valence-corrected chi connectivity index (χ1v) is 9.45. The topological polar surface area (TPSA) is 98.9 Å². The minimum absolute atomic E-state index is 0.0835. The Morgan fingerprint density at radius 1 is 1.17 bits per heavy atom. The van der Waals surface area contributed by atoms with Crippen LogP contribution in [-0.4, -0.2) is 30.9 Å². The van der Waals surface area contributed by atoms with E-state index < -0.39 is 17.5 Å². The number of aromatic hydroxyl groups is 1. The van der Waals surface area contributed by atoms with Gasteiger partial charge in [-0.25, -0.2) is 0 Å². The molecule has 3 N–H and O–H groups in total. The highest BCUT2D eigenvalue weighted by molar-refractivity contribution is 6.34. The molecule has 0 amide bonds. The Morgan fingerprint density at radius 2 is 1.79 bits per heavy atom. The highest BCUT2D eigenvalue weighted by Crippen LogP contribution is 2.45. The molecule has 2 unspecified atom stereocenters. The number of halogens is 1. The van der Waals surface area contributed by atoms with Gasteiger partial charge in [-0.05, 0) is 11.5 Å². The molecule has 2 aromatic carbocycles. The molecule has 1 aliphatic rings. The lowest BCUT2D eigenvalue weighted by atomic mass is 9.73. The number of phenolic OH excluding ortho intramolecular Hbond substituents is 1. The van der Waals surface area contributed by atoms with Gasteiger partial charge in [0.2, 0.25) is 0 Å². The maximum Gasteiger partial charge on any atom is 0.179 e. The predicted octanol–water partition coefficient (Wildman–Crippen LogP) is 3.84. The number of methoxy groups -OCH3 is 2. The summed E-state index contributed by atoms with van der Waals surface area (Å²) in [5, 5.41) is 10.5. The van der Waals surface area contributed by atoms with Gasteiger partial charge in [0.1, 0.15) is 22.1 Å². The number of hydrogen-bond donors (Lipinski definition) is 2. The van der Waals surface area contributed by atoms with Crippen molar-refractivity contribution in [2.45, 2.75) is 13.3 Å². The Labute approximate surface area is 173 Å². The summed E-state index contributed by atoms with van der Waals surface area (Å²) in [5.74, 6) is -1.89. The Hall–Kier alpha value is -2.99. The van der Waals surface area contributed by atoms with E-state index >= 15 is 0 Å². The van der Waals surface area contributed by atoms with Gasteiger partial charge in [0, 0.05) is 23.8 Å². The molecule has 3 rings (SSSR count). The zero-order chi connectivity index (χ0) is 21.3. The zero-order valence-electron chi connectivity index (χ0n) is 16.4. The number of carbonyl (C=O) groups is 2. The first-order valence-electron chi connectivity index (χ1n) is 9.07. The van der Waals surface area contributed by atoms with Crippen molar-refractivity contribution in [3.8, 4) is 17.2 Å². The van der Waals surface area contributed by atoms with E-state index in [2.05, 4.69) is 0 Å². The summed E-state index contributed by atoms with van der Waals surface area (Å²) in [4.78, 5) is 26.2. The highest BCUT2D eigenvalue weighted by Gasteiger charge is 2.40. The fraction of sp³-hybridized carbons (Fsp3) is 0.273. The predicted molar refractivity (Wildman–Crippen MR) is 110 cm³/mol. The number of carbonyl (C=O) groups excluding carboxylic acids is 2. The van der Waals surface area contributed by atoms with Gasteiger partial charge in [0.25, 0.3) is 0 Å². The number of allylic oxidation sites excluding steroid dienone is 2. The lowest BCUT2D eigenvalue weighted by Crippen LogP contribution is -2.35. The number of phenols is 1. The Morgan fingerprint density at radius 3 is 2.38 bits per heavy atom. The molecule has 0 saturated heterocycles. The van der Waals surface area contributed by atoms with Gasteiger partial charge in [-0.3, -0.25) is 9.59 Å². The molecule has 0 heterocycles. The molecule has 2 atom stereocenters. The standard InChI is InChI=1S/C22H22ClNO5/c1-11-9-13(25)17(12-7-5-4-6-8-12)20(24)16(11)21(26)18-14(28-2)10-15(29-3)19(23)22(18)27/h4-8,10-11,16,27H,9,24H2,1-3H3. The minimum Gasteiger partial charge on any atom is -0.505 e. The summed E-state index contributed by atoms with van der Waals surface area (Å²) in [7, 11) is 2.77. The summed E-state index contributed by atoms with van der Waals surface area (Å²) in [6.45, 7) is 1.78. The van der Waals surface area contributed by atoms with Crippen LogP contribution in [0.3, 0.4) is 0 Å². The molecule has 29 heavy (non-hydrogen) atoms. The minimum atomic E-state index is -0.813. The van der Waals surface area contributed by atoms with E-state index in [-0.39, 0.29) is 45.9 Å². The van der Waals surface area contributed by atoms with Crippen molar-refractivity contribution >= 4 is 28.7 Å². The summed E-state index contributed by atoms with van der Waals surface area (Å²) >= 11 is 6.15. The van der Waals surface area contributed by atoms with Crippen LogP contribution in [0, 0.1) is 11.8 Å². The van der Waals surface area contributed by atoms with Crippen molar-refractivity contribution < 1.29 is 24.2 Å². The molecule has 0 spiro atoms. The fourth-order valence-electron chi connectivity index (χ4n) is 3.77. The SMILES string of the molecule is COc1cc(OC)c(C(=O)C2C(N)=C(c3ccccc3)C(=O)CC2C)c(O)c1Cl. The molecule has 6 nitrogen and oxygen atoms in total. The van der Waals surface area contributed by atoms with E-state index in [0.717, 1.165) is 0 Å². The van der Waals surface area contributed by atoms with Crippen molar-refractivity contribution in [1.29, 1.82) is 0 Å².